The van der Waals surface area contributed by atoms with Crippen molar-refractivity contribution in [2.75, 3.05) is 6.61 Å². The molecule has 1 unspecified atom stereocenters. The van der Waals surface area contributed by atoms with Crippen LogP contribution in [0.2, 0.25) is 0 Å². The van der Waals surface area contributed by atoms with Crippen molar-refractivity contribution in [3.05, 3.63) is 0 Å². The fourth-order valence-electron chi connectivity index (χ4n) is 3.95. The number of ether oxygens (including phenoxy) is 1. The van der Waals surface area contributed by atoms with Crippen LogP contribution in [0.5, 0.6) is 0 Å². The highest BCUT2D eigenvalue weighted by Crippen LogP contribution is 2.47. The van der Waals surface area contributed by atoms with Gasteiger partial charge in [0.15, 0.2) is 0 Å². The van der Waals surface area contributed by atoms with E-state index in [4.69, 9.17) is 4.74 Å². The summed E-state index contributed by atoms with van der Waals surface area (Å²) < 4.78 is 5.34. The van der Waals surface area contributed by atoms with E-state index in [0.717, 1.165) is 25.7 Å². The molecular weight excluding hydrogens is 312 g/mol. The van der Waals surface area contributed by atoms with Crippen LogP contribution in [0.3, 0.4) is 0 Å². The van der Waals surface area contributed by atoms with Gasteiger partial charge in [-0.3, -0.25) is 9.59 Å². The van der Waals surface area contributed by atoms with Crippen molar-refractivity contribution in [2.45, 2.75) is 111 Å². The molecule has 3 nitrogen and oxygen atoms in total. The fourth-order valence-corrected chi connectivity index (χ4v) is 3.95. The Morgan fingerprint density at radius 3 is 1.96 bits per heavy atom. The first kappa shape index (κ1) is 22.2. The fraction of sp³-hybridized carbons (Fsp3) is 0.909. The smallest absolute Gasteiger partial charge is 0.312 e. The number of carbonyl (C=O) groups excluding carboxylic acids is 2. The molecule has 25 heavy (non-hydrogen) atoms. The van der Waals surface area contributed by atoms with E-state index in [9.17, 15) is 9.59 Å². The summed E-state index contributed by atoms with van der Waals surface area (Å²) in [7, 11) is 0. The van der Waals surface area contributed by atoms with Gasteiger partial charge in [-0.1, -0.05) is 64.7 Å². The Morgan fingerprint density at radius 2 is 1.44 bits per heavy atom. The molecule has 1 atom stereocenters. The average molecular weight is 353 g/mol. The number of rotatable bonds is 3. The number of ketones is 1. The molecule has 1 saturated carbocycles. The third-order valence-electron chi connectivity index (χ3n) is 6.32. The lowest BCUT2D eigenvalue weighted by Crippen LogP contribution is -2.44. The van der Waals surface area contributed by atoms with Crippen molar-refractivity contribution in [2.24, 2.45) is 10.8 Å². The molecule has 1 aliphatic rings. The standard InChI is InChI=1S/C22H40O3/c1-5-25-20(24)21(2,3)22(4)17-15-13-11-9-7-6-8-10-12-14-16-19(23)18-22/h5-18H2,1-4H3. The van der Waals surface area contributed by atoms with Crippen molar-refractivity contribution in [3.63, 3.8) is 0 Å². The van der Waals surface area contributed by atoms with Gasteiger partial charge in [-0.15, -0.1) is 0 Å². The normalized spacial score (nSPS) is 25.7. The molecular formula is C22H40O3. The molecule has 1 aliphatic carbocycles. The molecule has 0 aromatic rings. The van der Waals surface area contributed by atoms with Gasteiger partial charge in [0.25, 0.3) is 0 Å². The monoisotopic (exact) mass is 352 g/mol. The molecule has 146 valence electrons. The second kappa shape index (κ2) is 11.0. The average Bonchev–Trinajstić information content (AvgIpc) is 2.55. The summed E-state index contributed by atoms with van der Waals surface area (Å²) in [5, 5.41) is 0. The van der Waals surface area contributed by atoms with Crippen LogP contribution in [-0.2, 0) is 14.3 Å². The molecule has 0 aromatic heterocycles. The molecule has 0 bridgehead atoms. The quantitative estimate of drug-likeness (QED) is 0.565. The molecule has 0 aromatic carbocycles. The molecule has 1 fully saturated rings. The van der Waals surface area contributed by atoms with Crippen LogP contribution in [0, 0.1) is 10.8 Å². The summed E-state index contributed by atoms with van der Waals surface area (Å²) in [6.07, 6.45) is 14.3. The minimum atomic E-state index is -0.632. The van der Waals surface area contributed by atoms with Crippen molar-refractivity contribution < 1.29 is 14.3 Å². The molecule has 3 heteroatoms. The number of Topliss-reactive ketones (excluding diaryl/α,β-unsaturated/α-hetero) is 1. The Balaban J connectivity index is 2.84. The molecule has 0 spiro atoms. The number of hydrogen-bond donors (Lipinski definition) is 0. The molecule has 0 N–H and O–H groups in total. The first-order valence-electron chi connectivity index (χ1n) is 10.5. The van der Waals surface area contributed by atoms with E-state index in [1.54, 1.807) is 0 Å². The van der Waals surface area contributed by atoms with Crippen molar-refractivity contribution >= 4 is 11.8 Å². The second-order valence-electron chi connectivity index (χ2n) is 8.66. The topological polar surface area (TPSA) is 43.4 Å². The lowest BCUT2D eigenvalue weighted by molar-refractivity contribution is -0.162. The zero-order valence-corrected chi connectivity index (χ0v) is 17.1. The molecule has 0 aliphatic heterocycles. The van der Waals surface area contributed by atoms with Gasteiger partial charge in [0, 0.05) is 12.8 Å². The van der Waals surface area contributed by atoms with E-state index < -0.39 is 5.41 Å². The lowest BCUT2D eigenvalue weighted by atomic mass is 9.61. The van der Waals surface area contributed by atoms with Gasteiger partial charge in [-0.05, 0) is 39.0 Å². The van der Waals surface area contributed by atoms with Gasteiger partial charge in [-0.2, -0.15) is 0 Å². The summed E-state index contributed by atoms with van der Waals surface area (Å²) in [6, 6.07) is 0. The van der Waals surface area contributed by atoms with Gasteiger partial charge in [0.1, 0.15) is 5.78 Å². The molecule has 0 saturated heterocycles. The highest BCUT2D eigenvalue weighted by Gasteiger charge is 2.47. The van der Waals surface area contributed by atoms with E-state index in [1.807, 2.05) is 20.8 Å². The van der Waals surface area contributed by atoms with Crippen LogP contribution in [0.4, 0.5) is 0 Å². The van der Waals surface area contributed by atoms with Crippen molar-refractivity contribution in [1.82, 2.24) is 0 Å². The maximum atomic E-state index is 12.6. The van der Waals surface area contributed by atoms with Crippen LogP contribution in [-0.4, -0.2) is 18.4 Å². The first-order valence-corrected chi connectivity index (χ1v) is 10.5. The van der Waals surface area contributed by atoms with Crippen LogP contribution >= 0.6 is 0 Å². The predicted molar refractivity (Wildman–Crippen MR) is 104 cm³/mol. The zero-order valence-electron chi connectivity index (χ0n) is 17.1. The maximum absolute atomic E-state index is 12.6. The van der Waals surface area contributed by atoms with E-state index in [2.05, 4.69) is 6.92 Å². The maximum Gasteiger partial charge on any atom is 0.312 e. The van der Waals surface area contributed by atoms with Gasteiger partial charge in [0.2, 0.25) is 0 Å². The summed E-state index contributed by atoms with van der Waals surface area (Å²) in [5.41, 5.74) is -0.955. The van der Waals surface area contributed by atoms with Crippen LogP contribution in [0.1, 0.15) is 111 Å². The van der Waals surface area contributed by atoms with E-state index in [-0.39, 0.29) is 11.4 Å². The second-order valence-corrected chi connectivity index (χ2v) is 8.66. The largest absolute Gasteiger partial charge is 0.466 e. The van der Waals surface area contributed by atoms with Crippen molar-refractivity contribution in [1.29, 1.82) is 0 Å². The van der Waals surface area contributed by atoms with E-state index in [0.29, 0.717) is 25.2 Å². The third kappa shape index (κ3) is 7.11. The Morgan fingerprint density at radius 1 is 0.960 bits per heavy atom. The number of esters is 1. The van der Waals surface area contributed by atoms with Gasteiger partial charge in [-0.25, -0.2) is 0 Å². The van der Waals surface area contributed by atoms with Gasteiger partial charge >= 0.3 is 5.97 Å². The van der Waals surface area contributed by atoms with Crippen LogP contribution in [0.15, 0.2) is 0 Å². The summed E-state index contributed by atoms with van der Waals surface area (Å²) >= 11 is 0. The highest BCUT2D eigenvalue weighted by molar-refractivity contribution is 5.82. The summed E-state index contributed by atoms with van der Waals surface area (Å²) in [6.45, 7) is 8.29. The number of carbonyl (C=O) groups is 2. The van der Waals surface area contributed by atoms with Crippen LogP contribution in [0.25, 0.3) is 0 Å². The SMILES string of the molecule is CCOC(=O)C(C)(C)C1(C)CCCCCCCCCCCCC(=O)C1. The van der Waals surface area contributed by atoms with E-state index in [1.165, 1.54) is 44.9 Å². The first-order chi connectivity index (χ1) is 11.8. The number of hydrogen-bond acceptors (Lipinski definition) is 3. The Hall–Kier alpha value is -0.860. The molecule has 0 radical (unpaired) electrons. The Kier molecular flexibility index (Phi) is 9.74. The summed E-state index contributed by atoms with van der Waals surface area (Å²) in [4.78, 5) is 25.2. The van der Waals surface area contributed by atoms with Gasteiger partial charge < -0.3 is 4.74 Å². The Bertz CT molecular complexity index is 413. The highest BCUT2D eigenvalue weighted by atomic mass is 16.5. The minimum Gasteiger partial charge on any atom is -0.466 e. The lowest BCUT2D eigenvalue weighted by Gasteiger charge is -2.42. The Labute approximate surface area is 155 Å². The van der Waals surface area contributed by atoms with Crippen LogP contribution < -0.4 is 0 Å². The summed E-state index contributed by atoms with van der Waals surface area (Å²) in [5.74, 6) is 0.151. The van der Waals surface area contributed by atoms with Crippen molar-refractivity contribution in [3.8, 4) is 0 Å². The molecule has 0 heterocycles. The zero-order chi connectivity index (χ0) is 18.8. The third-order valence-corrected chi connectivity index (χ3v) is 6.32. The molecule has 0 amide bonds. The van der Waals surface area contributed by atoms with Gasteiger partial charge in [0.05, 0.1) is 12.0 Å². The minimum absolute atomic E-state index is 0.164. The molecule has 1 rings (SSSR count). The van der Waals surface area contributed by atoms with E-state index >= 15 is 0 Å². The predicted octanol–water partition coefficient (Wildman–Crippen LogP) is 6.24.